The van der Waals surface area contributed by atoms with Crippen molar-refractivity contribution in [3.63, 3.8) is 0 Å². The first-order valence-electron chi connectivity index (χ1n) is 8.78. The van der Waals surface area contributed by atoms with E-state index in [2.05, 4.69) is 13.8 Å². The molecule has 2 aliphatic heterocycles. The Morgan fingerprint density at radius 1 is 1.28 bits per heavy atom. The van der Waals surface area contributed by atoms with E-state index < -0.39 is 11.2 Å². The van der Waals surface area contributed by atoms with E-state index in [0.29, 0.717) is 6.61 Å². The molecular weight excluding hydrogens is 551 g/mol. The van der Waals surface area contributed by atoms with Crippen molar-refractivity contribution < 1.29 is 63.4 Å². The van der Waals surface area contributed by atoms with E-state index >= 15 is 0 Å². The Hall–Kier alpha value is 0.852. The van der Waals surface area contributed by atoms with Gasteiger partial charge in [0.25, 0.3) is 0 Å². The van der Waals surface area contributed by atoms with Gasteiger partial charge in [-0.15, -0.1) is 0 Å². The van der Waals surface area contributed by atoms with Crippen molar-refractivity contribution in [2.45, 2.75) is 68.5 Å². The molecule has 0 aliphatic carbocycles. The second-order valence-corrected chi connectivity index (χ2v) is 8.36. The third kappa shape index (κ3) is 5.22. The molecule has 6 unspecified atom stereocenters. The van der Waals surface area contributed by atoms with Gasteiger partial charge in [-0.25, -0.2) is 0 Å². The number of benzene rings is 1. The molecule has 1 N–H and O–H groups in total. The number of rotatable bonds is 5. The molecule has 25 heavy (non-hydrogen) atoms. The molecule has 1 aromatic rings. The number of thioether (sulfide) groups is 1. The Kier molecular flexibility index (Phi) is 8.30. The van der Waals surface area contributed by atoms with Crippen LogP contribution in [0.1, 0.15) is 34.1 Å². The third-order valence-corrected chi connectivity index (χ3v) is 6.12. The Labute approximate surface area is 190 Å². The molecule has 6 heteroatoms. The van der Waals surface area contributed by atoms with Crippen LogP contribution in [0.15, 0.2) is 35.2 Å². The summed E-state index contributed by atoms with van der Waals surface area (Å²) in [5.41, 5.74) is -0.493. The molecule has 2 heterocycles. The van der Waals surface area contributed by atoms with Gasteiger partial charge in [-0.05, 0) is 38.3 Å². The molecule has 2 fully saturated rings. The van der Waals surface area contributed by atoms with E-state index in [0.717, 1.165) is 11.3 Å². The minimum Gasteiger partial charge on any atom is -0.382 e. The number of ether oxygens (including phenoxy) is 3. The number of hydrogen-bond acceptors (Lipinski definition) is 5. The topological polar surface area (TPSA) is 47.9 Å². The van der Waals surface area contributed by atoms with Gasteiger partial charge < -0.3 is 19.3 Å². The largest absolute Gasteiger partial charge is 0.382 e. The Morgan fingerprint density at radius 3 is 2.52 bits per heavy atom. The van der Waals surface area contributed by atoms with Crippen LogP contribution in [0, 0.1) is 55.9 Å². The number of hydrogen-bond donors (Lipinski definition) is 1. The van der Waals surface area contributed by atoms with Crippen LogP contribution in [0.5, 0.6) is 0 Å². The normalized spacial score (nSPS) is 35.3. The first kappa shape index (κ1) is 22.1. The molecule has 0 saturated carbocycles. The van der Waals surface area contributed by atoms with Crippen LogP contribution in [0.3, 0.4) is 0 Å². The summed E-state index contributed by atoms with van der Waals surface area (Å²) in [5, 5.41) is 10.8. The summed E-state index contributed by atoms with van der Waals surface area (Å²) in [7, 11) is 0. The van der Waals surface area contributed by atoms with Crippen LogP contribution in [-0.2, 0) is 14.2 Å². The summed E-state index contributed by atoms with van der Waals surface area (Å²) >= 11 is 1.51. The predicted molar refractivity (Wildman–Crippen MR) is 94.8 cm³/mol. The van der Waals surface area contributed by atoms with E-state index in [1.54, 1.807) is 0 Å². The molecule has 4 nitrogen and oxygen atoms in total. The van der Waals surface area contributed by atoms with Crippen molar-refractivity contribution >= 4 is 11.8 Å². The van der Waals surface area contributed by atoms with Crippen molar-refractivity contribution in [3.05, 3.63) is 30.3 Å². The Bertz CT molecular complexity index is 541. The molecule has 1 aromatic carbocycles. The number of aliphatic hydroxyl groups is 1. The summed E-state index contributed by atoms with van der Waals surface area (Å²) in [6.07, 6.45) is 0.828. The van der Waals surface area contributed by atoms with Gasteiger partial charge in [0, 0.05) is 54.9 Å². The first-order chi connectivity index (χ1) is 11.4. The minimum atomic E-state index is -0.551. The quantitative estimate of drug-likeness (QED) is 0.427. The zero-order valence-corrected chi connectivity index (χ0v) is 21.0. The maximum atomic E-state index is 10.8. The van der Waals surface area contributed by atoms with Crippen LogP contribution >= 0.6 is 11.8 Å². The SMILES string of the molecule is CCC1OC(C2COC(C)(C)O2)C(C)C1C(O)Sc1ccccc1.[Ac]. The number of aliphatic hydroxyl groups excluding tert-OH is 1. The van der Waals surface area contributed by atoms with E-state index in [-0.39, 0.29) is 74.2 Å². The van der Waals surface area contributed by atoms with Crippen molar-refractivity contribution in [2.75, 3.05) is 6.61 Å². The Morgan fingerprint density at radius 2 is 1.96 bits per heavy atom. The first-order valence-corrected chi connectivity index (χ1v) is 9.66. The molecule has 2 saturated heterocycles. The molecule has 137 valence electrons. The molecule has 0 bridgehead atoms. The fraction of sp³-hybridized carbons (Fsp3) is 0.684. The van der Waals surface area contributed by atoms with E-state index in [9.17, 15) is 5.11 Å². The molecular formula is C19H28AcO4S. The monoisotopic (exact) mass is 579 g/mol. The zero-order valence-electron chi connectivity index (χ0n) is 15.4. The maximum absolute atomic E-state index is 10.8. The second-order valence-electron chi connectivity index (χ2n) is 7.17. The zero-order chi connectivity index (χ0) is 17.3. The van der Waals surface area contributed by atoms with E-state index in [1.165, 1.54) is 11.8 Å². The summed E-state index contributed by atoms with van der Waals surface area (Å²) in [4.78, 5) is 1.08. The van der Waals surface area contributed by atoms with Gasteiger partial charge in [0.05, 0.1) is 18.8 Å². The van der Waals surface area contributed by atoms with Crippen molar-refractivity contribution in [2.24, 2.45) is 11.8 Å². The predicted octanol–water partition coefficient (Wildman–Crippen LogP) is 3.68. The van der Waals surface area contributed by atoms with Crippen LogP contribution in [0.25, 0.3) is 0 Å². The molecule has 3 rings (SSSR count). The van der Waals surface area contributed by atoms with E-state index in [4.69, 9.17) is 14.2 Å². The van der Waals surface area contributed by atoms with Crippen LogP contribution in [0.4, 0.5) is 0 Å². The van der Waals surface area contributed by atoms with Crippen LogP contribution in [-0.4, -0.2) is 41.2 Å². The minimum absolute atomic E-state index is 0. The third-order valence-electron chi connectivity index (χ3n) is 5.02. The van der Waals surface area contributed by atoms with Crippen molar-refractivity contribution in [1.82, 2.24) is 0 Å². The average molecular weight is 579 g/mol. The fourth-order valence-electron chi connectivity index (χ4n) is 3.81. The summed E-state index contributed by atoms with van der Waals surface area (Å²) in [6.45, 7) is 8.69. The average Bonchev–Trinajstić information content (AvgIpc) is 3.07. The molecule has 0 spiro atoms. The van der Waals surface area contributed by atoms with Gasteiger partial charge in [0.15, 0.2) is 5.79 Å². The summed E-state index contributed by atoms with van der Waals surface area (Å²) < 4.78 is 18.0. The second kappa shape index (κ2) is 9.37. The maximum Gasteiger partial charge on any atom is 0.163 e. The smallest absolute Gasteiger partial charge is 0.163 e. The Balaban J connectivity index is 0.00000225. The van der Waals surface area contributed by atoms with Gasteiger partial charge >= 0.3 is 0 Å². The van der Waals surface area contributed by atoms with Gasteiger partial charge in [-0.2, -0.15) is 0 Å². The van der Waals surface area contributed by atoms with Crippen LogP contribution in [0.2, 0.25) is 0 Å². The molecule has 1 radical (unpaired) electrons. The summed E-state index contributed by atoms with van der Waals surface area (Å²) in [6, 6.07) is 10.0. The van der Waals surface area contributed by atoms with Gasteiger partial charge in [0.2, 0.25) is 0 Å². The molecule has 6 atom stereocenters. The van der Waals surface area contributed by atoms with Crippen molar-refractivity contribution in [1.29, 1.82) is 0 Å². The molecule has 0 amide bonds. The van der Waals surface area contributed by atoms with Crippen LogP contribution < -0.4 is 0 Å². The molecule has 2 aliphatic rings. The van der Waals surface area contributed by atoms with Gasteiger partial charge in [0.1, 0.15) is 11.5 Å². The van der Waals surface area contributed by atoms with E-state index in [1.807, 2.05) is 44.2 Å². The molecule has 0 aromatic heterocycles. The van der Waals surface area contributed by atoms with Crippen molar-refractivity contribution in [3.8, 4) is 0 Å². The standard InChI is InChI=1S/C19H28O4S.Ac/c1-5-14-16(18(20)24-13-9-7-6-8-10-13)12(2)17(22-14)15-11-21-19(3,4)23-15;/h6-10,12,14-18,20H,5,11H2,1-4H3;. The fourth-order valence-corrected chi connectivity index (χ4v) is 4.98. The van der Waals surface area contributed by atoms with Gasteiger partial charge in [-0.3, -0.25) is 0 Å². The summed E-state index contributed by atoms with van der Waals surface area (Å²) in [5.74, 6) is -0.258. The van der Waals surface area contributed by atoms with Gasteiger partial charge in [-0.1, -0.05) is 43.8 Å².